The fraction of sp³-hybridized carbons (Fsp3) is 0.286. The van der Waals surface area contributed by atoms with Gasteiger partial charge >= 0.3 is 6.18 Å². The summed E-state index contributed by atoms with van der Waals surface area (Å²) in [5.74, 6) is 0.564. The first kappa shape index (κ1) is 21.9. The summed E-state index contributed by atoms with van der Waals surface area (Å²) in [5, 5.41) is 4.22. The van der Waals surface area contributed by atoms with E-state index < -0.39 is 21.7 Å². The molecule has 0 saturated heterocycles. The van der Waals surface area contributed by atoms with Gasteiger partial charge in [-0.15, -0.1) is 0 Å². The number of nitrogens with zero attached hydrogens (tertiary/aromatic N) is 2. The first-order chi connectivity index (χ1) is 14.0. The van der Waals surface area contributed by atoms with Crippen molar-refractivity contribution in [1.29, 1.82) is 0 Å². The van der Waals surface area contributed by atoms with Gasteiger partial charge in [0.1, 0.15) is 11.4 Å². The highest BCUT2D eigenvalue weighted by atomic mass is 32.2. The summed E-state index contributed by atoms with van der Waals surface area (Å²) in [6.07, 6.45) is -3.56. The first-order valence-corrected chi connectivity index (χ1v) is 11.0. The van der Waals surface area contributed by atoms with Crippen molar-refractivity contribution in [1.82, 2.24) is 9.78 Å². The molecule has 0 bridgehead atoms. The molecule has 160 valence electrons. The molecule has 0 saturated carbocycles. The Bertz CT molecular complexity index is 1180. The average molecular weight is 438 g/mol. The van der Waals surface area contributed by atoms with Crippen LogP contribution in [-0.2, 0) is 22.6 Å². The average Bonchev–Trinajstić information content (AvgIpc) is 3.07. The van der Waals surface area contributed by atoms with Gasteiger partial charge in [0.15, 0.2) is 15.5 Å². The van der Waals surface area contributed by atoms with Gasteiger partial charge < -0.3 is 4.74 Å². The van der Waals surface area contributed by atoms with Gasteiger partial charge in [0.25, 0.3) is 0 Å². The summed E-state index contributed by atoms with van der Waals surface area (Å²) in [6.45, 7) is 3.36. The maximum absolute atomic E-state index is 14.0. The molecule has 0 N–H and O–H groups in total. The predicted octanol–water partition coefficient (Wildman–Crippen LogP) is 4.98. The van der Waals surface area contributed by atoms with Crippen LogP contribution >= 0.6 is 0 Å². The molecule has 1 aromatic heterocycles. The van der Waals surface area contributed by atoms with Crippen LogP contribution in [-0.4, -0.2) is 31.6 Å². The smallest absolute Gasteiger partial charge is 0.433 e. The number of benzene rings is 2. The molecule has 0 unspecified atom stereocenters. The summed E-state index contributed by atoms with van der Waals surface area (Å²) in [4.78, 5) is 0.0825. The van der Waals surface area contributed by atoms with E-state index in [0.717, 1.165) is 10.9 Å². The van der Waals surface area contributed by atoms with Crippen molar-refractivity contribution in [3.63, 3.8) is 0 Å². The number of hydrogen-bond acceptors (Lipinski definition) is 4. The maximum Gasteiger partial charge on any atom is 0.433 e. The fourth-order valence-corrected chi connectivity index (χ4v) is 3.98. The minimum absolute atomic E-state index is 0.0262. The molecular formula is C21H21F3N2O3S. The number of aryl methyl sites for hydroxylation is 2. The number of methoxy groups -OCH3 is 1. The van der Waals surface area contributed by atoms with Gasteiger partial charge in [-0.05, 0) is 49.2 Å². The Morgan fingerprint density at radius 1 is 1.07 bits per heavy atom. The van der Waals surface area contributed by atoms with Crippen LogP contribution < -0.4 is 4.74 Å². The number of alkyl halides is 3. The van der Waals surface area contributed by atoms with Crippen LogP contribution in [0.1, 0.15) is 18.2 Å². The molecule has 0 spiro atoms. The zero-order chi connectivity index (χ0) is 22.3. The van der Waals surface area contributed by atoms with Gasteiger partial charge in [0.05, 0.1) is 12.0 Å². The third-order valence-corrected chi connectivity index (χ3v) is 5.89. The van der Waals surface area contributed by atoms with E-state index in [-0.39, 0.29) is 22.7 Å². The summed E-state index contributed by atoms with van der Waals surface area (Å²) in [6, 6.07) is 10.5. The zero-order valence-electron chi connectivity index (χ0n) is 16.9. The molecule has 0 atom stereocenters. The van der Waals surface area contributed by atoms with Gasteiger partial charge in [-0.3, -0.25) is 4.68 Å². The van der Waals surface area contributed by atoms with E-state index in [1.165, 1.54) is 31.4 Å². The molecule has 3 rings (SSSR count). The standard InChI is InChI=1S/C21H21F3N2O3S/c1-5-26-20(21(22,23)24)18(15-8-11-17(29-3)13(2)12-15)19(25-26)14-6-9-16(10-7-14)30(4,27)28/h6-12H,5H2,1-4H3. The summed E-state index contributed by atoms with van der Waals surface area (Å²) in [7, 11) is -1.93. The summed E-state index contributed by atoms with van der Waals surface area (Å²) in [5.41, 5.74) is 0.657. The number of aromatic nitrogens is 2. The molecule has 30 heavy (non-hydrogen) atoms. The van der Waals surface area contributed by atoms with E-state index in [1.54, 1.807) is 32.0 Å². The molecule has 0 aliphatic rings. The van der Waals surface area contributed by atoms with Gasteiger partial charge in [-0.25, -0.2) is 8.42 Å². The molecule has 2 aromatic carbocycles. The van der Waals surface area contributed by atoms with Gasteiger partial charge in [0, 0.05) is 23.9 Å². The van der Waals surface area contributed by atoms with Crippen LogP contribution in [0, 0.1) is 6.92 Å². The monoisotopic (exact) mass is 438 g/mol. The van der Waals surface area contributed by atoms with E-state index in [0.29, 0.717) is 22.4 Å². The minimum atomic E-state index is -4.63. The van der Waals surface area contributed by atoms with Crippen LogP contribution in [0.25, 0.3) is 22.4 Å². The second kappa shape index (κ2) is 7.79. The lowest BCUT2D eigenvalue weighted by atomic mass is 9.97. The number of halogens is 3. The summed E-state index contributed by atoms with van der Waals surface area (Å²) >= 11 is 0. The Morgan fingerprint density at radius 2 is 1.67 bits per heavy atom. The molecule has 5 nitrogen and oxygen atoms in total. The predicted molar refractivity (Wildman–Crippen MR) is 108 cm³/mol. The van der Waals surface area contributed by atoms with Crippen molar-refractivity contribution in [2.45, 2.75) is 31.5 Å². The quantitative estimate of drug-likeness (QED) is 0.564. The van der Waals surface area contributed by atoms with Crippen LogP contribution in [0.3, 0.4) is 0 Å². The van der Waals surface area contributed by atoms with E-state index in [2.05, 4.69) is 5.10 Å². The molecule has 9 heteroatoms. The molecular weight excluding hydrogens is 417 g/mol. The molecule has 1 heterocycles. The third-order valence-electron chi connectivity index (χ3n) is 4.76. The second-order valence-corrected chi connectivity index (χ2v) is 8.88. The van der Waals surface area contributed by atoms with Crippen LogP contribution in [0.2, 0.25) is 0 Å². The number of hydrogen-bond donors (Lipinski definition) is 0. The molecule has 0 fully saturated rings. The zero-order valence-corrected chi connectivity index (χ0v) is 17.7. The fourth-order valence-electron chi connectivity index (χ4n) is 3.35. The Labute approximate surface area is 173 Å². The van der Waals surface area contributed by atoms with Gasteiger partial charge in [0.2, 0.25) is 0 Å². The molecule has 0 amide bonds. The highest BCUT2D eigenvalue weighted by Gasteiger charge is 2.40. The van der Waals surface area contributed by atoms with Crippen LogP contribution in [0.4, 0.5) is 13.2 Å². The lowest BCUT2D eigenvalue weighted by molar-refractivity contribution is -0.143. The Kier molecular flexibility index (Phi) is 5.68. The molecule has 0 aliphatic carbocycles. The van der Waals surface area contributed by atoms with Crippen molar-refractivity contribution in [3.8, 4) is 28.1 Å². The topological polar surface area (TPSA) is 61.2 Å². The molecule has 0 aliphatic heterocycles. The highest BCUT2D eigenvalue weighted by Crippen LogP contribution is 2.43. The Balaban J connectivity index is 2.31. The van der Waals surface area contributed by atoms with Crippen molar-refractivity contribution >= 4 is 9.84 Å². The van der Waals surface area contributed by atoms with Crippen molar-refractivity contribution in [3.05, 3.63) is 53.7 Å². The normalized spacial score (nSPS) is 12.2. The van der Waals surface area contributed by atoms with E-state index in [1.807, 2.05) is 0 Å². The van der Waals surface area contributed by atoms with Crippen molar-refractivity contribution in [2.75, 3.05) is 13.4 Å². The van der Waals surface area contributed by atoms with E-state index >= 15 is 0 Å². The molecule has 3 aromatic rings. The van der Waals surface area contributed by atoms with E-state index in [4.69, 9.17) is 4.74 Å². The minimum Gasteiger partial charge on any atom is -0.496 e. The lowest BCUT2D eigenvalue weighted by Gasteiger charge is -2.13. The SMILES string of the molecule is CCn1nc(-c2ccc(S(C)(=O)=O)cc2)c(-c2ccc(OC)c(C)c2)c1C(F)(F)F. The third kappa shape index (κ3) is 4.07. The first-order valence-electron chi connectivity index (χ1n) is 9.10. The van der Waals surface area contributed by atoms with Gasteiger partial charge in [-0.1, -0.05) is 18.2 Å². The van der Waals surface area contributed by atoms with Crippen molar-refractivity contribution in [2.24, 2.45) is 0 Å². The second-order valence-electron chi connectivity index (χ2n) is 6.87. The highest BCUT2D eigenvalue weighted by molar-refractivity contribution is 7.90. The largest absolute Gasteiger partial charge is 0.496 e. The number of rotatable bonds is 5. The Morgan fingerprint density at radius 3 is 2.13 bits per heavy atom. The number of ether oxygens (including phenoxy) is 1. The number of sulfone groups is 1. The van der Waals surface area contributed by atoms with Crippen LogP contribution in [0.15, 0.2) is 47.4 Å². The molecule has 0 radical (unpaired) electrons. The maximum atomic E-state index is 14.0. The van der Waals surface area contributed by atoms with Gasteiger partial charge in [-0.2, -0.15) is 18.3 Å². The van der Waals surface area contributed by atoms with Crippen LogP contribution in [0.5, 0.6) is 5.75 Å². The van der Waals surface area contributed by atoms with E-state index in [9.17, 15) is 21.6 Å². The van der Waals surface area contributed by atoms with Crippen molar-refractivity contribution < 1.29 is 26.3 Å². The summed E-state index contributed by atoms with van der Waals surface area (Å²) < 4.78 is 71.6. The lowest BCUT2D eigenvalue weighted by Crippen LogP contribution is -2.15. The Hall–Kier alpha value is -2.81.